The molecule has 1 rings (SSSR count). The van der Waals surface area contributed by atoms with E-state index in [1.54, 1.807) is 4.90 Å². The van der Waals surface area contributed by atoms with Gasteiger partial charge in [0.1, 0.15) is 0 Å². The molecule has 0 aliphatic heterocycles. The standard InChI is InChI=1S/C17H23F3N2O5/c1-26-9-7-22(8-10-27-2)14-4-3-12(17(18,19)20)11-13(14)21-15(23)5-6-16(24)25/h3-4,11H,5-10H2,1-2H3,(H,21,23)(H,24,25). The Labute approximate surface area is 155 Å². The number of rotatable bonds is 11. The first-order valence-corrected chi connectivity index (χ1v) is 8.14. The van der Waals surface area contributed by atoms with Gasteiger partial charge in [-0.05, 0) is 18.2 Å². The van der Waals surface area contributed by atoms with Crippen molar-refractivity contribution in [2.75, 3.05) is 50.7 Å². The molecule has 0 bridgehead atoms. The Kier molecular flexibility index (Phi) is 9.03. The summed E-state index contributed by atoms with van der Waals surface area (Å²) in [4.78, 5) is 24.3. The molecule has 0 unspecified atom stereocenters. The van der Waals surface area contributed by atoms with E-state index in [4.69, 9.17) is 14.6 Å². The van der Waals surface area contributed by atoms with Gasteiger partial charge in [0.05, 0.1) is 36.6 Å². The van der Waals surface area contributed by atoms with Crippen molar-refractivity contribution in [2.45, 2.75) is 19.0 Å². The maximum Gasteiger partial charge on any atom is 0.416 e. The first-order chi connectivity index (χ1) is 12.7. The van der Waals surface area contributed by atoms with Crippen molar-refractivity contribution < 1.29 is 37.3 Å². The lowest BCUT2D eigenvalue weighted by molar-refractivity contribution is -0.138. The highest BCUT2D eigenvalue weighted by Gasteiger charge is 2.31. The van der Waals surface area contributed by atoms with E-state index < -0.39 is 30.0 Å². The van der Waals surface area contributed by atoms with Gasteiger partial charge in [-0.1, -0.05) is 0 Å². The van der Waals surface area contributed by atoms with Crippen LogP contribution in [0, 0.1) is 0 Å². The molecule has 0 aliphatic carbocycles. The number of hydrogen-bond acceptors (Lipinski definition) is 5. The molecule has 152 valence electrons. The molecule has 0 aromatic heterocycles. The average molecular weight is 392 g/mol. The van der Waals surface area contributed by atoms with Crippen LogP contribution in [0.25, 0.3) is 0 Å². The van der Waals surface area contributed by atoms with Gasteiger partial charge in [-0.3, -0.25) is 9.59 Å². The number of ether oxygens (including phenoxy) is 2. The zero-order valence-corrected chi connectivity index (χ0v) is 15.1. The van der Waals surface area contributed by atoms with Crippen LogP contribution < -0.4 is 10.2 Å². The van der Waals surface area contributed by atoms with Crippen LogP contribution >= 0.6 is 0 Å². The summed E-state index contributed by atoms with van der Waals surface area (Å²) in [5.41, 5.74) is -0.605. The number of anilines is 2. The zero-order valence-electron chi connectivity index (χ0n) is 15.1. The second-order valence-electron chi connectivity index (χ2n) is 5.64. The summed E-state index contributed by atoms with van der Waals surface area (Å²) in [5, 5.41) is 11.0. The van der Waals surface area contributed by atoms with Crippen LogP contribution in [0.2, 0.25) is 0 Å². The number of hydrogen-bond donors (Lipinski definition) is 2. The fraction of sp³-hybridized carbons (Fsp3) is 0.529. The van der Waals surface area contributed by atoms with Crippen LogP contribution in [0.1, 0.15) is 18.4 Å². The Balaban J connectivity index is 3.18. The molecule has 0 radical (unpaired) electrons. The molecule has 2 N–H and O–H groups in total. The van der Waals surface area contributed by atoms with Crippen LogP contribution in [-0.4, -0.2) is 57.5 Å². The van der Waals surface area contributed by atoms with Gasteiger partial charge in [0.25, 0.3) is 0 Å². The number of alkyl halides is 3. The number of methoxy groups -OCH3 is 2. The van der Waals surface area contributed by atoms with E-state index in [2.05, 4.69) is 5.32 Å². The molecule has 1 aromatic carbocycles. The minimum atomic E-state index is -4.58. The predicted octanol–water partition coefficient (Wildman–Crippen LogP) is 2.61. The summed E-state index contributed by atoms with van der Waals surface area (Å²) < 4.78 is 49.2. The lowest BCUT2D eigenvalue weighted by Crippen LogP contribution is -2.31. The molecular formula is C17H23F3N2O5. The predicted molar refractivity (Wildman–Crippen MR) is 92.9 cm³/mol. The highest BCUT2D eigenvalue weighted by atomic mass is 19.4. The number of carbonyl (C=O) groups is 2. The minimum absolute atomic E-state index is 0.0487. The normalized spacial score (nSPS) is 11.3. The fourth-order valence-electron chi connectivity index (χ4n) is 2.28. The molecule has 0 heterocycles. The maximum absolute atomic E-state index is 13.1. The molecule has 1 aromatic rings. The number of carbonyl (C=O) groups excluding carboxylic acids is 1. The van der Waals surface area contributed by atoms with E-state index in [0.29, 0.717) is 32.0 Å². The number of benzene rings is 1. The zero-order chi connectivity index (χ0) is 20.4. The van der Waals surface area contributed by atoms with Crippen LogP contribution in [0.3, 0.4) is 0 Å². The van der Waals surface area contributed by atoms with Crippen molar-refractivity contribution in [1.29, 1.82) is 0 Å². The van der Waals surface area contributed by atoms with Gasteiger partial charge in [-0.15, -0.1) is 0 Å². The summed E-state index contributed by atoms with van der Waals surface area (Å²) in [5.74, 6) is -1.85. The van der Waals surface area contributed by atoms with Gasteiger partial charge in [-0.25, -0.2) is 0 Å². The Morgan fingerprint density at radius 1 is 1.11 bits per heavy atom. The first kappa shape index (κ1) is 22.7. The third-order valence-corrected chi connectivity index (χ3v) is 3.64. The highest BCUT2D eigenvalue weighted by molar-refractivity contribution is 5.95. The molecule has 1 amide bonds. The van der Waals surface area contributed by atoms with Crippen LogP contribution in [0.4, 0.5) is 24.5 Å². The van der Waals surface area contributed by atoms with Crippen molar-refractivity contribution in [3.05, 3.63) is 23.8 Å². The third-order valence-electron chi connectivity index (χ3n) is 3.64. The highest BCUT2D eigenvalue weighted by Crippen LogP contribution is 2.35. The number of nitrogens with one attached hydrogen (secondary N) is 1. The fourth-order valence-corrected chi connectivity index (χ4v) is 2.28. The third kappa shape index (κ3) is 7.83. The van der Waals surface area contributed by atoms with E-state index in [1.807, 2.05) is 0 Å². The summed E-state index contributed by atoms with van der Waals surface area (Å²) in [6.07, 6.45) is -5.35. The van der Waals surface area contributed by atoms with Crippen molar-refractivity contribution in [3.63, 3.8) is 0 Å². The monoisotopic (exact) mass is 392 g/mol. The Morgan fingerprint density at radius 3 is 2.19 bits per heavy atom. The molecule has 0 spiro atoms. The van der Waals surface area contributed by atoms with E-state index in [9.17, 15) is 22.8 Å². The number of aliphatic carboxylic acids is 1. The molecule has 0 aliphatic rings. The largest absolute Gasteiger partial charge is 0.481 e. The SMILES string of the molecule is COCCN(CCOC)c1ccc(C(F)(F)F)cc1NC(=O)CCC(=O)O. The van der Waals surface area contributed by atoms with Gasteiger partial charge in [0.2, 0.25) is 5.91 Å². The van der Waals surface area contributed by atoms with Gasteiger partial charge >= 0.3 is 12.1 Å². The molecule has 0 saturated heterocycles. The van der Waals surface area contributed by atoms with Crippen molar-refractivity contribution in [1.82, 2.24) is 0 Å². The van der Waals surface area contributed by atoms with Crippen molar-refractivity contribution in [3.8, 4) is 0 Å². The summed E-state index contributed by atoms with van der Waals surface area (Å²) in [7, 11) is 2.99. The maximum atomic E-state index is 13.1. The molecule has 7 nitrogen and oxygen atoms in total. The van der Waals surface area contributed by atoms with E-state index >= 15 is 0 Å². The first-order valence-electron chi connectivity index (χ1n) is 8.14. The van der Waals surface area contributed by atoms with Crippen LogP contribution in [0.15, 0.2) is 18.2 Å². The lowest BCUT2D eigenvalue weighted by atomic mass is 10.1. The number of carboxylic acid groups (broad SMARTS) is 1. The van der Waals surface area contributed by atoms with Gasteiger partial charge in [0, 0.05) is 33.7 Å². The van der Waals surface area contributed by atoms with Crippen molar-refractivity contribution in [2.24, 2.45) is 0 Å². The Hall–Kier alpha value is -2.33. The molecule has 0 saturated carbocycles. The number of halogens is 3. The van der Waals surface area contributed by atoms with E-state index in [0.717, 1.165) is 12.1 Å². The molecule has 10 heteroatoms. The van der Waals surface area contributed by atoms with Crippen LogP contribution in [0.5, 0.6) is 0 Å². The smallest absolute Gasteiger partial charge is 0.416 e. The number of carboxylic acids is 1. The Morgan fingerprint density at radius 2 is 1.70 bits per heavy atom. The quantitative estimate of drug-likeness (QED) is 0.602. The lowest BCUT2D eigenvalue weighted by Gasteiger charge is -2.27. The molecule has 0 fully saturated rings. The second kappa shape index (κ2) is 10.7. The van der Waals surface area contributed by atoms with E-state index in [1.165, 1.54) is 20.3 Å². The topological polar surface area (TPSA) is 88.1 Å². The summed E-state index contributed by atoms with van der Waals surface area (Å²) in [6, 6.07) is 3.02. The van der Waals surface area contributed by atoms with Crippen LogP contribution in [-0.2, 0) is 25.2 Å². The van der Waals surface area contributed by atoms with E-state index in [-0.39, 0.29) is 12.1 Å². The van der Waals surface area contributed by atoms with Gasteiger partial charge < -0.3 is 24.8 Å². The number of nitrogens with zero attached hydrogens (tertiary/aromatic N) is 1. The average Bonchev–Trinajstić information content (AvgIpc) is 2.59. The van der Waals surface area contributed by atoms with Crippen molar-refractivity contribution >= 4 is 23.3 Å². The molecule has 27 heavy (non-hydrogen) atoms. The van der Waals surface area contributed by atoms with Gasteiger partial charge in [-0.2, -0.15) is 13.2 Å². The molecule has 0 atom stereocenters. The Bertz CT molecular complexity index is 629. The van der Waals surface area contributed by atoms with Gasteiger partial charge in [0.15, 0.2) is 0 Å². The number of amides is 1. The second-order valence-corrected chi connectivity index (χ2v) is 5.64. The minimum Gasteiger partial charge on any atom is -0.481 e. The molecular weight excluding hydrogens is 369 g/mol. The summed E-state index contributed by atoms with van der Waals surface area (Å²) in [6.45, 7) is 1.36. The summed E-state index contributed by atoms with van der Waals surface area (Å²) >= 11 is 0.